The minimum absolute atomic E-state index is 0.471. The van der Waals surface area contributed by atoms with Gasteiger partial charge in [0.05, 0.1) is 0 Å². The second-order valence-corrected chi connectivity index (χ2v) is 6.25. The molecule has 132 valence electrons. The third kappa shape index (κ3) is 4.48. The molecule has 2 N–H and O–H groups in total. The summed E-state index contributed by atoms with van der Waals surface area (Å²) in [5.41, 5.74) is 10.9. The van der Waals surface area contributed by atoms with Crippen molar-refractivity contribution in [2.45, 2.75) is 26.9 Å². The first-order valence-corrected chi connectivity index (χ1v) is 8.63. The average Bonchev–Trinajstić information content (AvgIpc) is 2.64. The Bertz CT molecular complexity index is 919. The maximum Gasteiger partial charge on any atom is 0.196 e. The van der Waals surface area contributed by atoms with Crippen LogP contribution < -0.4 is 10.5 Å². The third-order valence-corrected chi connectivity index (χ3v) is 4.28. The highest BCUT2D eigenvalue weighted by atomic mass is 16.5. The van der Waals surface area contributed by atoms with Gasteiger partial charge in [-0.3, -0.25) is 0 Å². The van der Waals surface area contributed by atoms with Gasteiger partial charge in [0.2, 0.25) is 0 Å². The molecule has 3 rings (SSSR count). The Morgan fingerprint density at radius 3 is 2.27 bits per heavy atom. The largest absolute Gasteiger partial charge is 0.485 e. The van der Waals surface area contributed by atoms with Crippen molar-refractivity contribution >= 4 is 11.7 Å². The first-order chi connectivity index (χ1) is 12.6. The molecule has 0 spiro atoms. The molecule has 0 aliphatic rings. The maximum absolute atomic E-state index is 6.16. The molecule has 0 aliphatic carbocycles. The van der Waals surface area contributed by atoms with Crippen molar-refractivity contribution in [3.05, 3.63) is 89.1 Å². The van der Waals surface area contributed by atoms with E-state index in [9.17, 15) is 0 Å². The van der Waals surface area contributed by atoms with Gasteiger partial charge >= 0.3 is 0 Å². The van der Waals surface area contributed by atoms with E-state index in [0.717, 1.165) is 11.1 Å². The number of hydrogen-bond donors (Lipinski definition) is 1. The Balaban J connectivity index is 1.76. The second kappa shape index (κ2) is 8.30. The quantitative estimate of drug-likeness (QED) is 0.528. The summed E-state index contributed by atoms with van der Waals surface area (Å²) in [7, 11) is 0. The van der Waals surface area contributed by atoms with Crippen LogP contribution in [0.2, 0.25) is 0 Å². The summed E-state index contributed by atoms with van der Waals surface area (Å²) in [6, 6.07) is 20.0. The van der Waals surface area contributed by atoms with Crippen LogP contribution in [0.4, 0.5) is 5.82 Å². The van der Waals surface area contributed by atoms with Gasteiger partial charge in [-0.1, -0.05) is 48.5 Å². The minimum Gasteiger partial charge on any atom is -0.485 e. The number of ether oxygens (including phenoxy) is 1. The third-order valence-electron chi connectivity index (χ3n) is 4.28. The van der Waals surface area contributed by atoms with Gasteiger partial charge in [-0.05, 0) is 48.2 Å². The molecular formula is C22H23N3O. The van der Waals surface area contributed by atoms with Crippen LogP contribution in [0.1, 0.15) is 22.3 Å². The molecule has 0 saturated heterocycles. The lowest BCUT2D eigenvalue weighted by atomic mass is 10.1. The van der Waals surface area contributed by atoms with Gasteiger partial charge in [-0.25, -0.2) is 9.98 Å². The Morgan fingerprint density at radius 2 is 1.58 bits per heavy atom. The maximum atomic E-state index is 6.16. The van der Waals surface area contributed by atoms with Crippen molar-refractivity contribution in [1.29, 1.82) is 0 Å². The average molecular weight is 345 g/mol. The summed E-state index contributed by atoms with van der Waals surface area (Å²) in [6.07, 6.45) is 2.28. The summed E-state index contributed by atoms with van der Waals surface area (Å²) in [5.74, 6) is 1.65. The lowest BCUT2D eigenvalue weighted by Crippen LogP contribution is -2.15. The monoisotopic (exact) mass is 345 g/mol. The fourth-order valence-corrected chi connectivity index (χ4v) is 2.69. The zero-order valence-corrected chi connectivity index (χ0v) is 15.1. The first-order valence-electron chi connectivity index (χ1n) is 8.63. The standard InChI is InChI=1S/C22H23N3O/c1-16-8-3-5-10-18(16)14-21(23)25-22-20(12-7-13-24-22)26-15-19-11-6-4-9-17(19)2/h3-13H,14-15H2,1-2H3,(H2,23,24,25). The molecular weight excluding hydrogens is 322 g/mol. The van der Waals surface area contributed by atoms with Crippen LogP contribution in [0.15, 0.2) is 71.9 Å². The van der Waals surface area contributed by atoms with Crippen molar-refractivity contribution in [1.82, 2.24) is 4.98 Å². The number of nitrogens with zero attached hydrogens (tertiary/aromatic N) is 2. The SMILES string of the molecule is Cc1ccccc1COc1cccnc1/N=C(/N)Cc1ccccc1C. The topological polar surface area (TPSA) is 60.5 Å². The van der Waals surface area contributed by atoms with Crippen LogP contribution in [-0.2, 0) is 13.0 Å². The number of amidine groups is 1. The molecule has 0 aliphatic heterocycles. The van der Waals surface area contributed by atoms with Crippen molar-refractivity contribution in [2.75, 3.05) is 0 Å². The number of hydrogen-bond acceptors (Lipinski definition) is 3. The molecule has 0 amide bonds. The predicted molar refractivity (Wildman–Crippen MR) is 106 cm³/mol. The first kappa shape index (κ1) is 17.7. The van der Waals surface area contributed by atoms with E-state index in [1.54, 1.807) is 6.20 Å². The second-order valence-electron chi connectivity index (χ2n) is 6.25. The number of aliphatic imine (C=N–C) groups is 1. The summed E-state index contributed by atoms with van der Waals surface area (Å²) in [5, 5.41) is 0. The smallest absolute Gasteiger partial charge is 0.196 e. The molecule has 1 heterocycles. The fraction of sp³-hybridized carbons (Fsp3) is 0.182. The lowest BCUT2D eigenvalue weighted by molar-refractivity contribution is 0.305. The lowest BCUT2D eigenvalue weighted by Gasteiger charge is -2.10. The zero-order valence-electron chi connectivity index (χ0n) is 15.1. The highest BCUT2D eigenvalue weighted by molar-refractivity contribution is 5.85. The highest BCUT2D eigenvalue weighted by Gasteiger charge is 2.07. The van der Waals surface area contributed by atoms with Crippen LogP contribution >= 0.6 is 0 Å². The number of benzene rings is 2. The fourth-order valence-electron chi connectivity index (χ4n) is 2.69. The van der Waals surface area contributed by atoms with E-state index < -0.39 is 0 Å². The highest BCUT2D eigenvalue weighted by Crippen LogP contribution is 2.25. The van der Waals surface area contributed by atoms with Crippen LogP contribution in [0, 0.1) is 13.8 Å². The molecule has 4 heteroatoms. The van der Waals surface area contributed by atoms with Crippen LogP contribution in [0.3, 0.4) is 0 Å². The van der Waals surface area contributed by atoms with Crippen molar-refractivity contribution < 1.29 is 4.74 Å². The van der Waals surface area contributed by atoms with E-state index in [4.69, 9.17) is 10.5 Å². The summed E-state index contributed by atoms with van der Waals surface area (Å²) >= 11 is 0. The minimum atomic E-state index is 0.471. The van der Waals surface area contributed by atoms with Crippen molar-refractivity contribution in [2.24, 2.45) is 10.7 Å². The summed E-state index contributed by atoms with van der Waals surface area (Å²) in [4.78, 5) is 8.81. The molecule has 2 aromatic carbocycles. The molecule has 0 saturated carbocycles. The molecule has 0 fully saturated rings. The number of nitrogens with two attached hydrogens (primary N) is 1. The van der Waals surface area contributed by atoms with Crippen molar-refractivity contribution in [3.8, 4) is 5.75 Å². The van der Waals surface area contributed by atoms with Gasteiger partial charge in [0.1, 0.15) is 12.4 Å². The molecule has 3 aromatic rings. The molecule has 0 radical (unpaired) electrons. The molecule has 0 unspecified atom stereocenters. The molecule has 0 atom stereocenters. The van der Waals surface area contributed by atoms with E-state index in [1.165, 1.54) is 11.1 Å². The molecule has 4 nitrogen and oxygen atoms in total. The van der Waals surface area contributed by atoms with Crippen LogP contribution in [0.5, 0.6) is 5.75 Å². The number of pyridine rings is 1. The summed E-state index contributed by atoms with van der Waals surface area (Å²) in [6.45, 7) is 4.61. The van der Waals surface area contributed by atoms with Gasteiger partial charge in [0.25, 0.3) is 0 Å². The van der Waals surface area contributed by atoms with Gasteiger partial charge in [0, 0.05) is 12.6 Å². The Kier molecular flexibility index (Phi) is 5.64. The summed E-state index contributed by atoms with van der Waals surface area (Å²) < 4.78 is 5.95. The number of rotatable bonds is 6. The van der Waals surface area contributed by atoms with E-state index in [0.29, 0.717) is 30.4 Å². The normalized spacial score (nSPS) is 11.4. The van der Waals surface area contributed by atoms with E-state index in [1.807, 2.05) is 36.4 Å². The van der Waals surface area contributed by atoms with Gasteiger partial charge in [-0.15, -0.1) is 0 Å². The molecule has 26 heavy (non-hydrogen) atoms. The van der Waals surface area contributed by atoms with Crippen LogP contribution in [0.25, 0.3) is 0 Å². The Hall–Kier alpha value is -3.14. The van der Waals surface area contributed by atoms with Gasteiger partial charge < -0.3 is 10.5 Å². The zero-order chi connectivity index (χ0) is 18.4. The number of aromatic nitrogens is 1. The van der Waals surface area contributed by atoms with E-state index in [-0.39, 0.29) is 0 Å². The molecule has 1 aromatic heterocycles. The van der Waals surface area contributed by atoms with E-state index >= 15 is 0 Å². The Morgan fingerprint density at radius 1 is 0.923 bits per heavy atom. The van der Waals surface area contributed by atoms with E-state index in [2.05, 4.69) is 48.1 Å². The van der Waals surface area contributed by atoms with Gasteiger partial charge in [0.15, 0.2) is 11.6 Å². The Labute approximate surface area is 154 Å². The predicted octanol–water partition coefficient (Wildman–Crippen LogP) is 4.51. The van der Waals surface area contributed by atoms with Crippen molar-refractivity contribution in [3.63, 3.8) is 0 Å². The van der Waals surface area contributed by atoms with Gasteiger partial charge in [-0.2, -0.15) is 0 Å². The molecule has 0 bridgehead atoms. The van der Waals surface area contributed by atoms with Crippen LogP contribution in [-0.4, -0.2) is 10.8 Å². The number of aryl methyl sites for hydroxylation is 2.